The zero-order chi connectivity index (χ0) is 47.8. The van der Waals surface area contributed by atoms with Crippen molar-refractivity contribution in [1.82, 2.24) is 0 Å². The van der Waals surface area contributed by atoms with Crippen LogP contribution in [0.25, 0.3) is 0 Å². The molecule has 1 spiro atoms. The Balaban J connectivity index is 1.27. The first-order valence-electron chi connectivity index (χ1n) is 30.8. The molecule has 0 amide bonds. The summed E-state index contributed by atoms with van der Waals surface area (Å²) < 4.78 is 25.1. The van der Waals surface area contributed by atoms with Gasteiger partial charge < -0.3 is 18.9 Å². The lowest BCUT2D eigenvalue weighted by molar-refractivity contribution is -0.303. The molecule has 0 saturated carbocycles. The van der Waals surface area contributed by atoms with Gasteiger partial charge in [-0.2, -0.15) is 23.5 Å². The van der Waals surface area contributed by atoms with Gasteiger partial charge in [-0.25, -0.2) is 0 Å². The summed E-state index contributed by atoms with van der Waals surface area (Å²) in [6.07, 6.45) is 65.4. The van der Waals surface area contributed by atoms with E-state index in [4.69, 9.17) is 18.9 Å². The van der Waals surface area contributed by atoms with Gasteiger partial charge in [0, 0.05) is 23.3 Å². The second-order valence-corrected chi connectivity index (χ2v) is 25.4. The van der Waals surface area contributed by atoms with Gasteiger partial charge in [0.25, 0.3) is 0 Å². The summed E-state index contributed by atoms with van der Waals surface area (Å²) >= 11 is 4.20. The molecule has 0 radical (unpaired) electrons. The van der Waals surface area contributed by atoms with E-state index in [9.17, 15) is 0 Å². The fourth-order valence-corrected chi connectivity index (χ4v) is 12.5. The molecule has 67 heavy (non-hydrogen) atoms. The number of ether oxygens (including phenoxy) is 4. The average Bonchev–Trinajstić information content (AvgIpc) is 3.33. The molecule has 2 rings (SSSR count). The van der Waals surface area contributed by atoms with Crippen LogP contribution in [0.4, 0.5) is 0 Å². The summed E-state index contributed by atoms with van der Waals surface area (Å²) in [5, 5.41) is 1.13. The molecule has 0 N–H and O–H groups in total. The first-order chi connectivity index (χ1) is 33.1. The molecule has 2 saturated heterocycles. The number of unbranched alkanes of at least 4 members (excludes halogenated alkanes) is 42. The molecular weight excluding hydrogens is 861 g/mol. The van der Waals surface area contributed by atoms with Crippen molar-refractivity contribution >= 4 is 23.5 Å². The largest absolute Gasteiger partial charge is 0.352 e. The highest BCUT2D eigenvalue weighted by Gasteiger charge is 2.42. The monoisotopic (exact) mass is 981 g/mol. The third-order valence-corrected chi connectivity index (χ3v) is 17.7. The van der Waals surface area contributed by atoms with Crippen LogP contribution in [0, 0.1) is 5.41 Å². The third-order valence-electron chi connectivity index (χ3n) is 15.2. The smallest absolute Gasteiger partial charge is 0.158 e. The summed E-state index contributed by atoms with van der Waals surface area (Å²) in [6.45, 7) is 12.1. The summed E-state index contributed by atoms with van der Waals surface area (Å²) in [5.74, 6) is 2.52. The van der Waals surface area contributed by atoms with Crippen molar-refractivity contribution in [3.63, 3.8) is 0 Å². The average molecular weight is 982 g/mol. The minimum absolute atomic E-state index is 0.0875. The van der Waals surface area contributed by atoms with Crippen LogP contribution >= 0.6 is 23.5 Å². The Morgan fingerprint density at radius 2 is 0.478 bits per heavy atom. The molecule has 2 fully saturated rings. The van der Waals surface area contributed by atoms with E-state index in [1.54, 1.807) is 0 Å². The van der Waals surface area contributed by atoms with Crippen LogP contribution in [0.5, 0.6) is 0 Å². The van der Waals surface area contributed by atoms with Crippen molar-refractivity contribution in [2.45, 2.75) is 346 Å². The van der Waals surface area contributed by atoms with Crippen molar-refractivity contribution in [2.75, 3.05) is 37.9 Å². The van der Waals surface area contributed by atoms with E-state index >= 15 is 0 Å². The molecule has 400 valence electrons. The Bertz CT molecular complexity index is 887. The first-order valence-corrected chi connectivity index (χ1v) is 32.9. The summed E-state index contributed by atoms with van der Waals surface area (Å²) in [7, 11) is 0. The van der Waals surface area contributed by atoms with Crippen LogP contribution in [0.1, 0.15) is 323 Å². The molecule has 2 unspecified atom stereocenters. The number of rotatable bonds is 52. The number of thioether (sulfide) groups is 2. The topological polar surface area (TPSA) is 36.9 Å². The Hall–Kier alpha value is 0.540. The van der Waals surface area contributed by atoms with Crippen molar-refractivity contribution in [3.05, 3.63) is 0 Å². The molecule has 0 bridgehead atoms. The van der Waals surface area contributed by atoms with Crippen LogP contribution in [0.3, 0.4) is 0 Å². The van der Waals surface area contributed by atoms with Gasteiger partial charge in [-0.05, 0) is 24.3 Å². The van der Waals surface area contributed by atoms with Crippen LogP contribution in [-0.4, -0.2) is 61.0 Å². The lowest BCUT2D eigenvalue weighted by atomic mass is 9.90. The third kappa shape index (κ3) is 40.7. The molecule has 4 nitrogen and oxygen atoms in total. The minimum atomic E-state index is -0.141. The highest BCUT2D eigenvalue weighted by atomic mass is 32.2. The predicted molar refractivity (Wildman–Crippen MR) is 301 cm³/mol. The molecule has 2 atom stereocenters. The van der Waals surface area contributed by atoms with E-state index in [1.165, 1.54) is 294 Å². The molecule has 0 aromatic rings. The molecule has 0 aromatic carbocycles. The second kappa shape index (κ2) is 48.8. The predicted octanol–water partition coefficient (Wildman–Crippen LogP) is 20.9. The van der Waals surface area contributed by atoms with Gasteiger partial charge >= 0.3 is 0 Å². The van der Waals surface area contributed by atoms with E-state index in [0.717, 1.165) is 12.8 Å². The molecule has 0 aliphatic carbocycles. The van der Waals surface area contributed by atoms with Gasteiger partial charge in [-0.15, -0.1) is 0 Å². The van der Waals surface area contributed by atoms with Crippen LogP contribution in [-0.2, 0) is 18.9 Å². The van der Waals surface area contributed by atoms with Gasteiger partial charge in [-0.1, -0.05) is 297 Å². The zero-order valence-corrected chi connectivity index (χ0v) is 47.7. The first kappa shape index (κ1) is 63.7. The van der Waals surface area contributed by atoms with Gasteiger partial charge in [0.2, 0.25) is 0 Å². The zero-order valence-electron chi connectivity index (χ0n) is 46.0. The molecule has 6 heteroatoms. The fourth-order valence-electron chi connectivity index (χ4n) is 10.4. The van der Waals surface area contributed by atoms with Gasteiger partial charge in [-0.3, -0.25) is 0 Å². The van der Waals surface area contributed by atoms with E-state index in [1.807, 2.05) is 0 Å². The summed E-state index contributed by atoms with van der Waals surface area (Å²) in [4.78, 5) is 0. The maximum absolute atomic E-state index is 6.27. The minimum Gasteiger partial charge on any atom is -0.352 e. The second-order valence-electron chi connectivity index (χ2n) is 22.3. The maximum Gasteiger partial charge on any atom is 0.158 e. The summed E-state index contributed by atoms with van der Waals surface area (Å²) in [5.41, 5.74) is -0.141. The number of hydrogen-bond acceptors (Lipinski definition) is 6. The van der Waals surface area contributed by atoms with Crippen molar-refractivity contribution in [2.24, 2.45) is 5.41 Å². The number of hydrogen-bond donors (Lipinski definition) is 0. The van der Waals surface area contributed by atoms with Crippen molar-refractivity contribution < 1.29 is 18.9 Å². The SMILES string of the molecule is CCCCCCCCCCCCCCCCCCCCCCCCSC(C)CC1OCC2(CO1)COC(CC(C)SCCCCCCCCCCCCCCCCCCCCCCCC)OC2. The standard InChI is InChI=1S/C61H120O4S2/c1-5-7-9-11-13-15-17-19-21-23-25-27-29-31-33-35-37-39-41-43-45-47-49-66-57(3)51-59-62-53-61(54-63-59)55-64-60(65-56-61)52-58(4)67-50-48-46-44-42-40-38-36-34-32-30-28-26-24-22-20-18-16-14-12-10-8-6-2/h57-60H,5-56H2,1-4H3. The highest BCUT2D eigenvalue weighted by Crippen LogP contribution is 2.34. The van der Waals surface area contributed by atoms with Crippen LogP contribution < -0.4 is 0 Å². The Morgan fingerprint density at radius 1 is 0.299 bits per heavy atom. The van der Waals surface area contributed by atoms with Crippen LogP contribution in [0.2, 0.25) is 0 Å². The van der Waals surface area contributed by atoms with E-state index in [2.05, 4.69) is 51.2 Å². The highest BCUT2D eigenvalue weighted by molar-refractivity contribution is 8.00. The lowest BCUT2D eigenvalue weighted by Gasteiger charge is -2.44. The normalized spacial score (nSPS) is 19.7. The van der Waals surface area contributed by atoms with Crippen LogP contribution in [0.15, 0.2) is 0 Å². The molecule has 2 heterocycles. The molecular formula is C61H120O4S2. The van der Waals surface area contributed by atoms with Gasteiger partial charge in [0.15, 0.2) is 12.6 Å². The van der Waals surface area contributed by atoms with E-state index in [0.29, 0.717) is 36.9 Å². The fraction of sp³-hybridized carbons (Fsp3) is 1.00. The Morgan fingerprint density at radius 3 is 0.672 bits per heavy atom. The quantitative estimate of drug-likeness (QED) is 0.0566. The molecule has 2 aliphatic heterocycles. The molecule has 2 aliphatic rings. The Kier molecular flexibility index (Phi) is 46.4. The molecule has 0 aromatic heterocycles. The van der Waals surface area contributed by atoms with Crippen molar-refractivity contribution in [1.29, 1.82) is 0 Å². The Labute approximate surface area is 429 Å². The lowest BCUT2D eigenvalue weighted by Crippen LogP contribution is -2.52. The van der Waals surface area contributed by atoms with Crippen molar-refractivity contribution in [3.8, 4) is 0 Å². The summed E-state index contributed by atoms with van der Waals surface area (Å²) in [6, 6.07) is 0. The van der Waals surface area contributed by atoms with E-state index in [-0.39, 0.29) is 18.0 Å². The maximum atomic E-state index is 6.27. The van der Waals surface area contributed by atoms with E-state index < -0.39 is 0 Å². The van der Waals surface area contributed by atoms with Gasteiger partial charge in [0.1, 0.15) is 0 Å². The van der Waals surface area contributed by atoms with Gasteiger partial charge in [0.05, 0.1) is 31.8 Å².